The van der Waals surface area contributed by atoms with E-state index in [1.165, 1.54) is 10.6 Å². The Hall–Kier alpha value is -7.43. The molecule has 0 bridgehead atoms. The van der Waals surface area contributed by atoms with Crippen LogP contribution in [-0.2, 0) is 82.5 Å². The quantitative estimate of drug-likeness (QED) is 0.0247. The molecular weight excluding hydrogens is 1230 g/mol. The van der Waals surface area contributed by atoms with Gasteiger partial charge in [-0.1, -0.05) is 83.1 Å². The molecule has 27 heteroatoms. The first-order valence-electron chi connectivity index (χ1n) is 32.6. The Balaban J connectivity index is 1.29. The van der Waals surface area contributed by atoms with E-state index in [0.29, 0.717) is 35.1 Å². The number of rotatable bonds is 32. The van der Waals surface area contributed by atoms with Crippen molar-refractivity contribution >= 4 is 64.1 Å². The van der Waals surface area contributed by atoms with Crippen LogP contribution in [0.15, 0.2) is 29.1 Å². The number of carbonyl (C=O) groups excluding carboxylic acids is 9. The Kier molecular flexibility index (Phi) is 26.1. The highest BCUT2D eigenvalue weighted by molar-refractivity contribution is 5.95. The van der Waals surface area contributed by atoms with Gasteiger partial charge >= 0.3 is 11.9 Å². The summed E-state index contributed by atoms with van der Waals surface area (Å²) in [6, 6.07) is 2.64. The summed E-state index contributed by atoms with van der Waals surface area (Å²) in [4.78, 5) is 142. The summed E-state index contributed by atoms with van der Waals surface area (Å²) in [6.07, 6.45) is -9.78. The standard InChI is InChI=1S/C68H103N9O18/c1-18-38-39-31-37(78)20-21-43(39)75-49-40(38)34-77-46(49)32-42-41(59(77)89)35-93-62(92)68(42,19-2)95-60(90)45(30-36(3)4)74-48(80)33-44(73-47(79)22-23-67(16,17)94-29-24-66(14,15)61(91)64(8,9)10)55(85)69-25-26-70-56(86)52(83)50(81)51(82)53(84)57(87)71-27-28-72-58(88)54(63(5,6)7)76-65(11,12)13/h20-21,31-32,36,44-45,50-54,76,78,81-84H,18-19,22-30,33-35H2,1-17H3,(H,69,85)(H,70,86)(H,71,87)(H,72,88)(H,73,79)(H,74,80)/t44?,45?,50-,51+,52+,53-,54?,68-/m0/s1. The molecule has 0 radical (unpaired) electrons. The van der Waals surface area contributed by atoms with Gasteiger partial charge in [0.25, 0.3) is 17.4 Å². The molecule has 2 aromatic heterocycles. The lowest BCUT2D eigenvalue weighted by atomic mass is 9.73. The van der Waals surface area contributed by atoms with Crippen LogP contribution in [-0.4, -0.2) is 175 Å². The molecule has 95 heavy (non-hydrogen) atoms. The number of amides is 6. The second-order valence-electron chi connectivity index (χ2n) is 29.6. The maximum atomic E-state index is 14.7. The number of ether oxygens (including phenoxy) is 3. The van der Waals surface area contributed by atoms with Gasteiger partial charge in [-0.3, -0.25) is 38.4 Å². The number of aromatic nitrogens is 2. The Bertz CT molecular complexity index is 3400. The lowest BCUT2D eigenvalue weighted by molar-refractivity contribution is -0.191. The van der Waals surface area contributed by atoms with Gasteiger partial charge in [0.15, 0.2) is 12.2 Å². The zero-order chi connectivity index (χ0) is 71.7. The predicted molar refractivity (Wildman–Crippen MR) is 352 cm³/mol. The number of aliphatic hydroxyl groups excluding tert-OH is 4. The van der Waals surface area contributed by atoms with Crippen molar-refractivity contribution in [2.75, 3.05) is 32.8 Å². The molecule has 1 aromatic carbocycles. The molecule has 6 amide bonds. The number of nitrogens with one attached hydrogen (secondary N) is 7. The van der Waals surface area contributed by atoms with Crippen LogP contribution in [0.2, 0.25) is 0 Å². The monoisotopic (exact) mass is 1330 g/mol. The summed E-state index contributed by atoms with van der Waals surface area (Å²) >= 11 is 0. The van der Waals surface area contributed by atoms with E-state index in [4.69, 9.17) is 19.2 Å². The van der Waals surface area contributed by atoms with E-state index >= 15 is 0 Å². The summed E-state index contributed by atoms with van der Waals surface area (Å²) in [7, 11) is 0. The predicted octanol–water partition coefficient (Wildman–Crippen LogP) is 2.62. The van der Waals surface area contributed by atoms with Crippen molar-refractivity contribution in [1.82, 2.24) is 46.8 Å². The van der Waals surface area contributed by atoms with Crippen LogP contribution in [0.25, 0.3) is 22.3 Å². The summed E-state index contributed by atoms with van der Waals surface area (Å²) in [5.74, 6) is -7.66. The molecule has 0 fully saturated rings. The highest BCUT2D eigenvalue weighted by atomic mass is 16.6. The summed E-state index contributed by atoms with van der Waals surface area (Å²) < 4.78 is 19.4. The second kappa shape index (κ2) is 31.6. The van der Waals surface area contributed by atoms with E-state index in [2.05, 4.69) is 37.2 Å². The molecular formula is C68H103N9O18. The Morgan fingerprint density at radius 3 is 1.80 bits per heavy atom. The number of phenolic OH excluding ortho intramolecular Hbond substituents is 1. The van der Waals surface area contributed by atoms with Crippen LogP contribution in [0.1, 0.15) is 178 Å². The molecule has 27 nitrogen and oxygen atoms in total. The van der Waals surface area contributed by atoms with Gasteiger partial charge in [-0.2, -0.15) is 0 Å². The largest absolute Gasteiger partial charge is 0.508 e. The third-order valence-corrected chi connectivity index (χ3v) is 16.9. The first-order valence-corrected chi connectivity index (χ1v) is 32.6. The topological polar surface area (TPSA) is 402 Å². The van der Waals surface area contributed by atoms with Crippen molar-refractivity contribution in [3.05, 3.63) is 56.9 Å². The highest BCUT2D eigenvalue weighted by Crippen LogP contribution is 2.43. The highest BCUT2D eigenvalue weighted by Gasteiger charge is 2.52. The van der Waals surface area contributed by atoms with Crippen LogP contribution in [0, 0.1) is 22.2 Å². The molecule has 4 heterocycles. The van der Waals surface area contributed by atoms with Gasteiger partial charge in [0.1, 0.15) is 42.4 Å². The van der Waals surface area contributed by atoms with Crippen molar-refractivity contribution in [2.24, 2.45) is 22.2 Å². The summed E-state index contributed by atoms with van der Waals surface area (Å²) in [6.45, 7) is 29.8. The molecule has 2 aliphatic heterocycles. The third-order valence-electron chi connectivity index (χ3n) is 16.9. The maximum Gasteiger partial charge on any atom is 0.355 e. The number of esters is 2. The molecule has 3 aromatic rings. The number of cyclic esters (lactones) is 1. The molecule has 0 spiro atoms. The maximum absolute atomic E-state index is 14.7. The lowest BCUT2D eigenvalue weighted by Crippen LogP contribution is -2.58. The van der Waals surface area contributed by atoms with Crippen LogP contribution >= 0.6 is 0 Å². The molecule has 0 aliphatic carbocycles. The molecule has 8 atom stereocenters. The van der Waals surface area contributed by atoms with Gasteiger partial charge in [-0.15, -0.1) is 0 Å². The number of nitrogens with zero attached hydrogens (tertiary/aromatic N) is 2. The van der Waals surface area contributed by atoms with Crippen molar-refractivity contribution in [2.45, 2.75) is 235 Å². The number of Topliss-reactive ketones (excluding diaryl/α,β-unsaturated/α-hetero) is 1. The normalized spacial score (nSPS) is 17.1. The van der Waals surface area contributed by atoms with Crippen molar-refractivity contribution in [1.29, 1.82) is 0 Å². The Labute approximate surface area is 555 Å². The van der Waals surface area contributed by atoms with Gasteiger partial charge in [-0.05, 0) is 108 Å². The van der Waals surface area contributed by atoms with Gasteiger partial charge < -0.3 is 81.5 Å². The number of pyridine rings is 2. The molecule has 528 valence electrons. The Morgan fingerprint density at radius 1 is 0.716 bits per heavy atom. The van der Waals surface area contributed by atoms with Crippen LogP contribution < -0.4 is 42.8 Å². The number of ketones is 1. The molecule has 5 rings (SSSR count). The number of benzene rings is 1. The van der Waals surface area contributed by atoms with Crippen molar-refractivity contribution in [3.63, 3.8) is 0 Å². The fourth-order valence-corrected chi connectivity index (χ4v) is 11.7. The number of aliphatic hydroxyl groups is 4. The van der Waals surface area contributed by atoms with E-state index in [1.54, 1.807) is 52.8 Å². The zero-order valence-electron chi connectivity index (χ0n) is 58.3. The summed E-state index contributed by atoms with van der Waals surface area (Å²) in [5.41, 5.74) is -2.62. The van der Waals surface area contributed by atoms with E-state index in [1.807, 2.05) is 83.1 Å². The minimum atomic E-state index is -2.42. The first-order chi connectivity index (χ1) is 43.9. The fraction of sp³-hybridized carbons (Fsp3) is 0.662. The lowest BCUT2D eigenvalue weighted by Gasteiger charge is -2.36. The zero-order valence-corrected chi connectivity index (χ0v) is 58.3. The average Bonchev–Trinajstić information content (AvgIpc) is 1.64. The Morgan fingerprint density at radius 2 is 1.27 bits per heavy atom. The molecule has 0 saturated carbocycles. The van der Waals surface area contributed by atoms with E-state index < -0.39 is 149 Å². The third kappa shape index (κ3) is 20.1. The van der Waals surface area contributed by atoms with Gasteiger partial charge in [0.05, 0.1) is 47.1 Å². The van der Waals surface area contributed by atoms with E-state index in [9.17, 15) is 73.5 Å². The van der Waals surface area contributed by atoms with Crippen LogP contribution in [0.4, 0.5) is 0 Å². The minimum Gasteiger partial charge on any atom is -0.508 e. The summed E-state index contributed by atoms with van der Waals surface area (Å²) in [5, 5.41) is 71.8. The van der Waals surface area contributed by atoms with Gasteiger partial charge in [-0.25, -0.2) is 14.6 Å². The smallest absolute Gasteiger partial charge is 0.355 e. The molecule has 3 unspecified atom stereocenters. The SMILES string of the molecule is CCc1c2c(nc3ccc(O)cc13)-c1cc3c(c(=O)n1C2)COC(=O)[C@@]3(CC)OC(=O)C(CC(C)C)NC(=O)CC(NC(=O)CCC(C)(C)OCCC(C)(C)C(=O)C(C)(C)C)C(=O)NCCNC(=O)[C@H](O)[C@@H](O)[C@@H](O)[C@H](O)C(=O)NCCNC(=O)C(NC(C)(C)C)C(C)(C)C. The second-order valence-corrected chi connectivity index (χ2v) is 29.6. The number of hydrogen-bond acceptors (Lipinski definition) is 20. The van der Waals surface area contributed by atoms with E-state index in [0.717, 1.165) is 11.1 Å². The molecule has 2 aliphatic rings. The van der Waals surface area contributed by atoms with E-state index in [-0.39, 0.29) is 86.4 Å². The van der Waals surface area contributed by atoms with Gasteiger partial charge in [0.2, 0.25) is 29.2 Å². The fourth-order valence-electron chi connectivity index (χ4n) is 11.7. The average molecular weight is 1330 g/mol. The first kappa shape index (κ1) is 78.3. The van der Waals surface area contributed by atoms with Crippen molar-refractivity contribution < 1.29 is 82.9 Å². The number of carbonyl (C=O) groups is 9. The number of phenols is 1. The molecule has 12 N–H and O–H groups in total. The molecule has 0 saturated heterocycles. The number of aryl methyl sites for hydroxylation is 1. The minimum absolute atomic E-state index is 0.0451. The van der Waals surface area contributed by atoms with Gasteiger partial charge in [0, 0.05) is 72.1 Å². The van der Waals surface area contributed by atoms with Crippen molar-refractivity contribution in [3.8, 4) is 17.1 Å². The number of fused-ring (bicyclic) bond motifs is 5. The number of aromatic hydroxyl groups is 1. The van der Waals surface area contributed by atoms with Crippen LogP contribution in [0.3, 0.4) is 0 Å². The number of hydrogen-bond donors (Lipinski definition) is 12. The van der Waals surface area contributed by atoms with Crippen LogP contribution in [0.5, 0.6) is 5.75 Å².